The molecule has 29 heavy (non-hydrogen) atoms. The first-order valence-corrected chi connectivity index (χ1v) is 10.5. The molecule has 0 saturated carbocycles. The number of rotatable bonds is 6. The zero-order valence-electron chi connectivity index (χ0n) is 16.6. The Balaban J connectivity index is 1.96. The van der Waals surface area contributed by atoms with E-state index in [-0.39, 0.29) is 24.0 Å². The molecule has 1 heterocycles. The first-order valence-electron chi connectivity index (χ1n) is 9.04. The van der Waals surface area contributed by atoms with Crippen LogP contribution in [0, 0.1) is 5.41 Å². The third-order valence-electron chi connectivity index (χ3n) is 4.60. The third-order valence-corrected chi connectivity index (χ3v) is 5.99. The molecular formula is C21H24N2O5S. The molecule has 0 spiro atoms. The Hall–Kier alpha value is -3.00. The average molecular weight is 416 g/mol. The van der Waals surface area contributed by atoms with Crippen molar-refractivity contribution in [2.24, 2.45) is 5.41 Å². The fourth-order valence-electron chi connectivity index (χ4n) is 2.99. The number of hydrogen-bond donors (Lipinski definition) is 1. The van der Waals surface area contributed by atoms with Crippen molar-refractivity contribution in [2.45, 2.75) is 18.7 Å². The molecule has 0 fully saturated rings. The van der Waals surface area contributed by atoms with E-state index in [4.69, 9.17) is 9.47 Å². The number of carbonyl (C=O) groups is 1. The summed E-state index contributed by atoms with van der Waals surface area (Å²) in [4.78, 5) is 14.6. The number of fused-ring (bicyclic) bond motifs is 1. The van der Waals surface area contributed by atoms with Crippen LogP contribution in [0.25, 0.3) is 0 Å². The number of anilines is 2. The van der Waals surface area contributed by atoms with Crippen molar-refractivity contribution in [1.29, 1.82) is 0 Å². The largest absolute Gasteiger partial charge is 0.497 e. The highest BCUT2D eigenvalue weighted by atomic mass is 32.2. The van der Waals surface area contributed by atoms with E-state index >= 15 is 0 Å². The van der Waals surface area contributed by atoms with Crippen molar-refractivity contribution in [3.8, 4) is 11.5 Å². The summed E-state index contributed by atoms with van der Waals surface area (Å²) >= 11 is 0. The average Bonchev–Trinajstić information content (AvgIpc) is 2.78. The summed E-state index contributed by atoms with van der Waals surface area (Å²) in [5.74, 6) is 0.955. The van der Waals surface area contributed by atoms with E-state index < -0.39 is 15.4 Å². The monoisotopic (exact) mass is 416 g/mol. The number of sulfonamides is 1. The number of nitrogens with zero attached hydrogens (tertiary/aromatic N) is 1. The molecule has 0 unspecified atom stereocenters. The van der Waals surface area contributed by atoms with E-state index in [0.29, 0.717) is 22.9 Å². The van der Waals surface area contributed by atoms with Crippen molar-refractivity contribution in [2.75, 3.05) is 29.9 Å². The fraction of sp³-hybridized carbons (Fsp3) is 0.286. The van der Waals surface area contributed by atoms with E-state index in [9.17, 15) is 13.2 Å². The third kappa shape index (κ3) is 4.22. The van der Waals surface area contributed by atoms with Gasteiger partial charge in [0.25, 0.3) is 10.0 Å². The summed E-state index contributed by atoms with van der Waals surface area (Å²) in [6, 6.07) is 10.9. The molecule has 154 valence electrons. The first-order chi connectivity index (χ1) is 13.7. The predicted octanol–water partition coefficient (Wildman–Crippen LogP) is 3.43. The SMILES string of the molecule is C=CCN1C(=O)C(C)(C)COc2ccc(NS(=O)(=O)c3ccc(OC)cc3)cc21. The molecule has 0 bridgehead atoms. The normalized spacial score (nSPS) is 15.7. The van der Waals surface area contributed by atoms with E-state index in [2.05, 4.69) is 11.3 Å². The van der Waals surface area contributed by atoms with Crippen LogP contribution in [0.15, 0.2) is 60.0 Å². The van der Waals surface area contributed by atoms with Crippen LogP contribution in [0.2, 0.25) is 0 Å². The summed E-state index contributed by atoms with van der Waals surface area (Å²) in [5, 5.41) is 0. The van der Waals surface area contributed by atoms with Crippen molar-refractivity contribution in [3.05, 3.63) is 55.1 Å². The molecule has 2 aromatic carbocycles. The van der Waals surface area contributed by atoms with Crippen molar-refractivity contribution < 1.29 is 22.7 Å². The molecule has 0 aliphatic carbocycles. The molecule has 7 nitrogen and oxygen atoms in total. The van der Waals surface area contributed by atoms with Crippen LogP contribution in [-0.2, 0) is 14.8 Å². The Morgan fingerprint density at radius 1 is 1.24 bits per heavy atom. The van der Waals surface area contributed by atoms with Gasteiger partial charge in [-0.1, -0.05) is 6.08 Å². The summed E-state index contributed by atoms with van der Waals surface area (Å²) < 4.78 is 38.9. The number of methoxy groups -OCH3 is 1. The summed E-state index contributed by atoms with van der Waals surface area (Å²) in [6.45, 7) is 7.85. The zero-order chi connectivity index (χ0) is 21.2. The van der Waals surface area contributed by atoms with Crippen LogP contribution in [0.5, 0.6) is 11.5 Å². The van der Waals surface area contributed by atoms with E-state index in [0.717, 1.165) is 0 Å². The highest BCUT2D eigenvalue weighted by Crippen LogP contribution is 2.38. The van der Waals surface area contributed by atoms with E-state index in [1.165, 1.54) is 19.2 Å². The Morgan fingerprint density at radius 2 is 1.93 bits per heavy atom. The second-order valence-corrected chi connectivity index (χ2v) is 9.02. The van der Waals surface area contributed by atoms with Gasteiger partial charge in [0.2, 0.25) is 5.91 Å². The molecule has 1 aliphatic rings. The smallest absolute Gasteiger partial charge is 0.261 e. The lowest BCUT2D eigenvalue weighted by Gasteiger charge is -2.27. The van der Waals surface area contributed by atoms with Crippen LogP contribution < -0.4 is 19.1 Å². The minimum absolute atomic E-state index is 0.102. The van der Waals surface area contributed by atoms with Gasteiger partial charge in [-0.15, -0.1) is 6.58 Å². The van der Waals surface area contributed by atoms with Crippen LogP contribution in [-0.4, -0.2) is 34.6 Å². The number of amides is 1. The number of carbonyl (C=O) groups excluding carboxylic acids is 1. The quantitative estimate of drug-likeness (QED) is 0.730. The van der Waals surface area contributed by atoms with Gasteiger partial charge in [0.15, 0.2) is 0 Å². The van der Waals surface area contributed by atoms with Gasteiger partial charge in [0, 0.05) is 6.54 Å². The molecule has 1 aliphatic heterocycles. The second-order valence-electron chi connectivity index (χ2n) is 7.34. The zero-order valence-corrected chi connectivity index (χ0v) is 17.5. The van der Waals surface area contributed by atoms with E-state index in [1.807, 2.05) is 13.8 Å². The van der Waals surface area contributed by atoms with Crippen molar-refractivity contribution in [1.82, 2.24) is 0 Å². The maximum atomic E-state index is 12.9. The van der Waals surface area contributed by atoms with Gasteiger partial charge in [-0.3, -0.25) is 9.52 Å². The molecule has 2 aromatic rings. The van der Waals surface area contributed by atoms with Crippen molar-refractivity contribution >= 4 is 27.3 Å². The van der Waals surface area contributed by atoms with Gasteiger partial charge in [0.05, 0.1) is 28.8 Å². The van der Waals surface area contributed by atoms with Gasteiger partial charge in [-0.2, -0.15) is 0 Å². The predicted molar refractivity (Wildman–Crippen MR) is 112 cm³/mol. The number of benzene rings is 2. The molecule has 3 rings (SSSR count). The standard InChI is InChI=1S/C21H24N2O5S/c1-5-12-23-18-13-15(6-11-19(18)28-14-21(2,3)20(23)24)22-29(25,26)17-9-7-16(27-4)8-10-17/h5-11,13,22H,1,12,14H2,2-4H3. The van der Waals surface area contributed by atoms with Gasteiger partial charge in [0.1, 0.15) is 18.1 Å². The fourth-order valence-corrected chi connectivity index (χ4v) is 4.04. The summed E-state index contributed by atoms with van der Waals surface area (Å²) in [5.41, 5.74) is 0.102. The lowest BCUT2D eigenvalue weighted by Crippen LogP contribution is -2.42. The summed E-state index contributed by atoms with van der Waals surface area (Å²) in [7, 11) is -2.30. The molecule has 0 radical (unpaired) electrons. The molecule has 0 saturated heterocycles. The maximum absolute atomic E-state index is 12.9. The Morgan fingerprint density at radius 3 is 2.55 bits per heavy atom. The molecule has 0 aromatic heterocycles. The molecule has 1 N–H and O–H groups in total. The molecule has 1 amide bonds. The highest BCUT2D eigenvalue weighted by molar-refractivity contribution is 7.92. The lowest BCUT2D eigenvalue weighted by atomic mass is 9.93. The lowest BCUT2D eigenvalue weighted by molar-refractivity contribution is -0.127. The van der Waals surface area contributed by atoms with Crippen LogP contribution in [0.3, 0.4) is 0 Å². The molecule has 0 atom stereocenters. The topological polar surface area (TPSA) is 84.9 Å². The van der Waals surface area contributed by atoms with Crippen molar-refractivity contribution in [3.63, 3.8) is 0 Å². The number of nitrogens with one attached hydrogen (secondary N) is 1. The minimum atomic E-state index is -3.81. The van der Waals surface area contributed by atoms with Gasteiger partial charge in [-0.25, -0.2) is 8.42 Å². The Labute approximate surface area is 171 Å². The maximum Gasteiger partial charge on any atom is 0.261 e. The van der Waals surface area contributed by atoms with Gasteiger partial charge < -0.3 is 14.4 Å². The van der Waals surface area contributed by atoms with Gasteiger partial charge >= 0.3 is 0 Å². The first kappa shape index (κ1) is 20.7. The minimum Gasteiger partial charge on any atom is -0.497 e. The van der Waals surface area contributed by atoms with Crippen LogP contribution in [0.4, 0.5) is 11.4 Å². The van der Waals surface area contributed by atoms with Gasteiger partial charge in [-0.05, 0) is 56.3 Å². The second kappa shape index (κ2) is 7.79. The summed E-state index contributed by atoms with van der Waals surface area (Å²) in [6.07, 6.45) is 1.62. The highest BCUT2D eigenvalue weighted by Gasteiger charge is 2.37. The van der Waals surface area contributed by atoms with Crippen LogP contribution in [0.1, 0.15) is 13.8 Å². The Kier molecular flexibility index (Phi) is 5.57. The molecule has 8 heteroatoms. The Bertz CT molecular complexity index is 1030. The van der Waals surface area contributed by atoms with Crippen LogP contribution >= 0.6 is 0 Å². The van der Waals surface area contributed by atoms with E-state index in [1.54, 1.807) is 41.3 Å². The molecular weight excluding hydrogens is 392 g/mol. The number of hydrogen-bond acceptors (Lipinski definition) is 5. The number of ether oxygens (including phenoxy) is 2.